The van der Waals surface area contributed by atoms with Gasteiger partial charge in [0.1, 0.15) is 6.10 Å². The van der Waals surface area contributed by atoms with Crippen LogP contribution < -0.4 is 0 Å². The van der Waals surface area contributed by atoms with Gasteiger partial charge in [0, 0.05) is 23.2 Å². The molecule has 0 aromatic carbocycles. The van der Waals surface area contributed by atoms with Crippen molar-refractivity contribution in [1.82, 2.24) is 0 Å². The third-order valence-corrected chi connectivity index (χ3v) is 8.38. The molecule has 0 aromatic rings. The lowest BCUT2D eigenvalue weighted by Gasteiger charge is -2.65. The molecule has 0 bridgehead atoms. The van der Waals surface area contributed by atoms with Crippen molar-refractivity contribution in [2.75, 3.05) is 14.2 Å². The summed E-state index contributed by atoms with van der Waals surface area (Å²) in [5, 5.41) is 0. The van der Waals surface area contributed by atoms with E-state index in [1.165, 1.54) is 0 Å². The van der Waals surface area contributed by atoms with Crippen LogP contribution in [0, 0.1) is 34.5 Å². The van der Waals surface area contributed by atoms with Crippen LogP contribution in [0.5, 0.6) is 0 Å². The summed E-state index contributed by atoms with van der Waals surface area (Å²) in [7, 11) is 3.26. The SMILES string of the molecule is COC1=CC(C)C2CC3OC(=O)CC4C(C)=C(OC)CC(C2(C)C1=O)C34C. The summed E-state index contributed by atoms with van der Waals surface area (Å²) in [5.41, 5.74) is 0.312. The lowest BCUT2D eigenvalue weighted by molar-refractivity contribution is -0.219. The minimum Gasteiger partial charge on any atom is -0.501 e. The van der Waals surface area contributed by atoms with Gasteiger partial charge in [0.15, 0.2) is 5.76 Å². The van der Waals surface area contributed by atoms with Gasteiger partial charge in [-0.3, -0.25) is 9.59 Å². The number of esters is 1. The van der Waals surface area contributed by atoms with Crippen molar-refractivity contribution < 1.29 is 23.8 Å². The summed E-state index contributed by atoms with van der Waals surface area (Å²) in [6, 6.07) is 0. The molecule has 1 saturated heterocycles. The first kappa shape index (κ1) is 18.6. The van der Waals surface area contributed by atoms with Gasteiger partial charge >= 0.3 is 5.97 Å². The highest BCUT2D eigenvalue weighted by Gasteiger charge is 2.69. The first-order valence-electron chi connectivity index (χ1n) is 9.93. The Balaban J connectivity index is 1.92. The molecule has 1 heterocycles. The lowest BCUT2D eigenvalue weighted by Crippen LogP contribution is -2.66. The van der Waals surface area contributed by atoms with Crippen molar-refractivity contribution in [1.29, 1.82) is 0 Å². The topological polar surface area (TPSA) is 61.8 Å². The summed E-state index contributed by atoms with van der Waals surface area (Å²) in [5.74, 6) is 1.74. The van der Waals surface area contributed by atoms with Crippen LogP contribution in [-0.2, 0) is 23.8 Å². The van der Waals surface area contributed by atoms with Gasteiger partial charge in [0.2, 0.25) is 5.78 Å². The van der Waals surface area contributed by atoms with E-state index in [9.17, 15) is 9.59 Å². The second-order valence-corrected chi connectivity index (χ2v) is 9.22. The molecule has 7 unspecified atom stereocenters. The molecule has 2 fully saturated rings. The van der Waals surface area contributed by atoms with Gasteiger partial charge in [-0.05, 0) is 42.7 Å². The fourth-order valence-corrected chi connectivity index (χ4v) is 6.87. The van der Waals surface area contributed by atoms with Crippen LogP contribution in [-0.4, -0.2) is 32.1 Å². The Bertz CT molecular complexity index is 765. The largest absolute Gasteiger partial charge is 0.501 e. The molecule has 0 N–H and O–H groups in total. The first-order chi connectivity index (χ1) is 12.7. The first-order valence-corrected chi connectivity index (χ1v) is 9.93. The van der Waals surface area contributed by atoms with Crippen molar-refractivity contribution >= 4 is 11.8 Å². The van der Waals surface area contributed by atoms with Crippen molar-refractivity contribution in [3.05, 3.63) is 23.2 Å². The normalized spacial score (nSPS) is 46.1. The Morgan fingerprint density at radius 3 is 2.48 bits per heavy atom. The highest BCUT2D eigenvalue weighted by atomic mass is 16.5. The zero-order valence-electron chi connectivity index (χ0n) is 17.1. The van der Waals surface area contributed by atoms with E-state index in [-0.39, 0.29) is 46.9 Å². The fourth-order valence-electron chi connectivity index (χ4n) is 6.87. The van der Waals surface area contributed by atoms with E-state index in [0.717, 1.165) is 17.8 Å². The number of carbonyl (C=O) groups excluding carboxylic acids is 2. The number of ketones is 1. The summed E-state index contributed by atoms with van der Waals surface area (Å²) in [6.45, 7) is 8.54. The number of fused-ring (bicyclic) bond motifs is 2. The molecule has 4 aliphatic rings. The zero-order chi connectivity index (χ0) is 19.7. The summed E-state index contributed by atoms with van der Waals surface area (Å²) >= 11 is 0. The molecule has 5 heteroatoms. The van der Waals surface area contributed by atoms with E-state index in [0.29, 0.717) is 18.6 Å². The molecular weight excluding hydrogens is 344 g/mol. The summed E-state index contributed by atoms with van der Waals surface area (Å²) < 4.78 is 17.1. The predicted molar refractivity (Wildman–Crippen MR) is 99.4 cm³/mol. The smallest absolute Gasteiger partial charge is 0.306 e. The van der Waals surface area contributed by atoms with Gasteiger partial charge in [-0.1, -0.05) is 20.8 Å². The molecule has 0 radical (unpaired) electrons. The Kier molecular flexibility index (Phi) is 4.03. The van der Waals surface area contributed by atoms with Crippen molar-refractivity contribution in [3.8, 4) is 0 Å². The number of ether oxygens (including phenoxy) is 3. The maximum Gasteiger partial charge on any atom is 0.306 e. The Hall–Kier alpha value is -1.78. The predicted octanol–water partition coefficient (Wildman–Crippen LogP) is 3.64. The van der Waals surface area contributed by atoms with Crippen LogP contribution in [0.25, 0.3) is 0 Å². The van der Waals surface area contributed by atoms with E-state index in [1.807, 2.05) is 6.08 Å². The Morgan fingerprint density at radius 2 is 1.85 bits per heavy atom. The number of hydrogen-bond acceptors (Lipinski definition) is 5. The lowest BCUT2D eigenvalue weighted by atomic mass is 9.40. The molecule has 3 aliphatic carbocycles. The summed E-state index contributed by atoms with van der Waals surface area (Å²) in [4.78, 5) is 26.0. The molecule has 0 spiro atoms. The highest BCUT2D eigenvalue weighted by Crippen LogP contribution is 2.68. The standard InChI is InChI=1S/C22H30O5/c1-11-7-16(26-6)20(24)22(4)13(11)8-18-21(3)14(9-19(23)27-18)12(2)15(25-5)10-17(21)22/h7,11,13-14,17-18H,8-10H2,1-6H3. The monoisotopic (exact) mass is 374 g/mol. The molecule has 1 saturated carbocycles. The van der Waals surface area contributed by atoms with Crippen LogP contribution in [0.1, 0.15) is 47.0 Å². The van der Waals surface area contributed by atoms with Crippen molar-refractivity contribution in [2.45, 2.75) is 53.1 Å². The van der Waals surface area contributed by atoms with Gasteiger partial charge in [0.05, 0.1) is 26.4 Å². The third kappa shape index (κ3) is 2.17. The molecule has 1 aliphatic heterocycles. The second-order valence-electron chi connectivity index (χ2n) is 9.22. The third-order valence-electron chi connectivity index (χ3n) is 8.38. The van der Waals surface area contributed by atoms with Gasteiger partial charge in [-0.25, -0.2) is 0 Å². The van der Waals surface area contributed by atoms with Gasteiger partial charge in [0.25, 0.3) is 0 Å². The molecule has 148 valence electrons. The number of allylic oxidation sites excluding steroid dienone is 4. The quantitative estimate of drug-likeness (QED) is 0.691. The maximum atomic E-state index is 13.6. The van der Waals surface area contributed by atoms with Crippen LogP contribution >= 0.6 is 0 Å². The van der Waals surface area contributed by atoms with E-state index in [4.69, 9.17) is 14.2 Å². The van der Waals surface area contributed by atoms with Crippen molar-refractivity contribution in [3.63, 3.8) is 0 Å². The molecular formula is C22H30O5. The number of hydrogen-bond donors (Lipinski definition) is 0. The average molecular weight is 374 g/mol. The van der Waals surface area contributed by atoms with Crippen molar-refractivity contribution in [2.24, 2.45) is 34.5 Å². The van der Waals surface area contributed by atoms with Gasteiger partial charge in [-0.2, -0.15) is 0 Å². The highest BCUT2D eigenvalue weighted by molar-refractivity contribution is 5.99. The van der Waals surface area contributed by atoms with Crippen LogP contribution in [0.15, 0.2) is 23.2 Å². The van der Waals surface area contributed by atoms with Crippen LogP contribution in [0.4, 0.5) is 0 Å². The fraction of sp³-hybridized carbons (Fsp3) is 0.727. The van der Waals surface area contributed by atoms with Gasteiger partial charge < -0.3 is 14.2 Å². The Labute approximate surface area is 161 Å². The van der Waals surface area contributed by atoms with E-state index >= 15 is 0 Å². The van der Waals surface area contributed by atoms with Crippen LogP contribution in [0.3, 0.4) is 0 Å². The second kappa shape index (κ2) is 5.86. The molecule has 5 nitrogen and oxygen atoms in total. The minimum absolute atomic E-state index is 0.0410. The maximum absolute atomic E-state index is 13.6. The average Bonchev–Trinajstić information content (AvgIpc) is 2.63. The van der Waals surface area contributed by atoms with Gasteiger partial charge in [-0.15, -0.1) is 0 Å². The molecule has 0 amide bonds. The number of carbonyl (C=O) groups is 2. The van der Waals surface area contributed by atoms with E-state index in [2.05, 4.69) is 27.7 Å². The number of Topliss-reactive ketones (excluding diaryl/α,β-unsaturated/α-hetero) is 1. The molecule has 4 rings (SSSR count). The Morgan fingerprint density at radius 1 is 1.15 bits per heavy atom. The zero-order valence-corrected chi connectivity index (χ0v) is 17.1. The van der Waals surface area contributed by atoms with E-state index < -0.39 is 5.41 Å². The van der Waals surface area contributed by atoms with Crippen LogP contribution in [0.2, 0.25) is 0 Å². The molecule has 7 atom stereocenters. The molecule has 0 aromatic heterocycles. The number of methoxy groups -OCH3 is 2. The molecule has 27 heavy (non-hydrogen) atoms. The summed E-state index contributed by atoms with van der Waals surface area (Å²) in [6.07, 6.45) is 3.57. The van der Waals surface area contributed by atoms with E-state index in [1.54, 1.807) is 14.2 Å². The minimum atomic E-state index is -0.558. The number of rotatable bonds is 2.